The molecule has 0 saturated carbocycles. The van der Waals surface area contributed by atoms with Gasteiger partial charge in [-0.25, -0.2) is 0 Å². The fourth-order valence-electron chi connectivity index (χ4n) is 1.23. The van der Waals surface area contributed by atoms with E-state index < -0.39 is 0 Å². The van der Waals surface area contributed by atoms with Crippen LogP contribution in [0.5, 0.6) is 0 Å². The van der Waals surface area contributed by atoms with Crippen molar-refractivity contribution in [2.24, 2.45) is 0 Å². The quantitative estimate of drug-likeness (QED) is 0.618. The summed E-state index contributed by atoms with van der Waals surface area (Å²) in [4.78, 5) is 10.5. The van der Waals surface area contributed by atoms with Crippen LogP contribution < -0.4 is 0 Å². The first-order chi connectivity index (χ1) is 5.55. The molecule has 63 valence electrons. The summed E-state index contributed by atoms with van der Waals surface area (Å²) >= 11 is 0. The Hall–Kier alpha value is -1.11. The van der Waals surface area contributed by atoms with Crippen LogP contribution in [0.1, 0.15) is 31.9 Å². The molecule has 0 aliphatic carbocycles. The van der Waals surface area contributed by atoms with Crippen LogP contribution in [0.25, 0.3) is 0 Å². The maximum absolute atomic E-state index is 10.5. The van der Waals surface area contributed by atoms with Crippen molar-refractivity contribution in [3.8, 4) is 0 Å². The van der Waals surface area contributed by atoms with E-state index in [1.807, 2.05) is 24.5 Å². The molecule has 0 aromatic heterocycles. The predicted molar refractivity (Wildman–Crippen MR) is 49.9 cm³/mol. The van der Waals surface area contributed by atoms with Crippen molar-refractivity contribution in [3.05, 3.63) is 35.4 Å². The van der Waals surface area contributed by atoms with E-state index in [2.05, 4.69) is 20.8 Å². The molecule has 0 fully saturated rings. The maximum atomic E-state index is 10.5. The molecule has 1 radical (unpaired) electrons. The SMILES string of the molecule is CC(C)(C)c1ccccc1[C]=O. The van der Waals surface area contributed by atoms with Crippen molar-refractivity contribution in [1.29, 1.82) is 0 Å². The normalized spacial score (nSPS) is 11.2. The molecule has 0 spiro atoms. The molecule has 1 aromatic carbocycles. The maximum Gasteiger partial charge on any atom is 0.233 e. The van der Waals surface area contributed by atoms with Crippen LogP contribution in [0, 0.1) is 0 Å². The van der Waals surface area contributed by atoms with E-state index in [9.17, 15) is 4.79 Å². The molecule has 0 aliphatic rings. The second kappa shape index (κ2) is 3.10. The van der Waals surface area contributed by atoms with Crippen LogP contribution in [0.15, 0.2) is 24.3 Å². The number of carbonyl (C=O) groups excluding carboxylic acids is 1. The molecule has 0 aliphatic heterocycles. The lowest BCUT2D eigenvalue weighted by molar-refractivity contribution is 0.555. The molecule has 1 aromatic rings. The molecule has 0 saturated heterocycles. The molecule has 12 heavy (non-hydrogen) atoms. The van der Waals surface area contributed by atoms with Gasteiger partial charge in [0.2, 0.25) is 6.29 Å². The van der Waals surface area contributed by atoms with Gasteiger partial charge in [0.05, 0.1) is 0 Å². The topological polar surface area (TPSA) is 17.1 Å². The molecule has 0 bridgehead atoms. The number of hydrogen-bond acceptors (Lipinski definition) is 1. The predicted octanol–water partition coefficient (Wildman–Crippen LogP) is 2.44. The minimum atomic E-state index is 0.0218. The van der Waals surface area contributed by atoms with Gasteiger partial charge in [0.15, 0.2) is 0 Å². The van der Waals surface area contributed by atoms with Gasteiger partial charge in [-0.1, -0.05) is 45.0 Å². The van der Waals surface area contributed by atoms with Gasteiger partial charge in [0.25, 0.3) is 0 Å². The van der Waals surface area contributed by atoms with E-state index in [1.165, 1.54) is 0 Å². The van der Waals surface area contributed by atoms with Crippen molar-refractivity contribution in [2.75, 3.05) is 0 Å². The Bertz CT molecular complexity index is 281. The van der Waals surface area contributed by atoms with Gasteiger partial charge in [0, 0.05) is 5.56 Å². The monoisotopic (exact) mass is 161 g/mol. The number of hydrogen-bond donors (Lipinski definition) is 0. The Morgan fingerprint density at radius 2 is 1.75 bits per heavy atom. The van der Waals surface area contributed by atoms with E-state index in [0.717, 1.165) is 5.56 Å². The highest BCUT2D eigenvalue weighted by Gasteiger charge is 2.16. The summed E-state index contributed by atoms with van der Waals surface area (Å²) in [6.07, 6.45) is 1.95. The fourth-order valence-corrected chi connectivity index (χ4v) is 1.23. The lowest BCUT2D eigenvalue weighted by atomic mass is 9.84. The van der Waals surface area contributed by atoms with Crippen molar-refractivity contribution in [1.82, 2.24) is 0 Å². The van der Waals surface area contributed by atoms with Gasteiger partial charge in [0.1, 0.15) is 0 Å². The summed E-state index contributed by atoms with van der Waals surface area (Å²) in [5, 5.41) is 0. The number of rotatable bonds is 1. The summed E-state index contributed by atoms with van der Waals surface area (Å²) < 4.78 is 0. The van der Waals surface area contributed by atoms with Gasteiger partial charge in [-0.05, 0) is 11.0 Å². The molecular weight excluding hydrogens is 148 g/mol. The molecule has 0 heterocycles. The molecule has 0 atom stereocenters. The van der Waals surface area contributed by atoms with Crippen LogP contribution in [0.3, 0.4) is 0 Å². The highest BCUT2D eigenvalue weighted by atomic mass is 16.1. The smallest absolute Gasteiger partial charge is 0.233 e. The first-order valence-electron chi connectivity index (χ1n) is 4.03. The summed E-state index contributed by atoms with van der Waals surface area (Å²) in [7, 11) is 0. The molecule has 0 amide bonds. The highest BCUT2D eigenvalue weighted by molar-refractivity contribution is 5.78. The minimum Gasteiger partial charge on any atom is -0.285 e. The average Bonchev–Trinajstić information content (AvgIpc) is 2.03. The van der Waals surface area contributed by atoms with Crippen LogP contribution in [0.4, 0.5) is 0 Å². The fraction of sp³-hybridized carbons (Fsp3) is 0.364. The standard InChI is InChI=1S/C11H13O/c1-11(2,3)10-7-5-4-6-9(10)8-12/h4-7H,1-3H3. The average molecular weight is 161 g/mol. The Balaban J connectivity index is 3.23. The second-order valence-corrected chi connectivity index (χ2v) is 3.90. The molecule has 1 nitrogen and oxygen atoms in total. The van der Waals surface area contributed by atoms with Crippen molar-refractivity contribution >= 4 is 6.29 Å². The Kier molecular flexibility index (Phi) is 2.32. The van der Waals surface area contributed by atoms with Gasteiger partial charge in [-0.15, -0.1) is 0 Å². The first-order valence-corrected chi connectivity index (χ1v) is 4.03. The Morgan fingerprint density at radius 1 is 1.17 bits per heavy atom. The third-order valence-electron chi connectivity index (χ3n) is 1.85. The molecule has 1 rings (SSSR count). The summed E-state index contributed by atoms with van der Waals surface area (Å²) in [6, 6.07) is 7.57. The van der Waals surface area contributed by atoms with Gasteiger partial charge in [-0.3, -0.25) is 4.79 Å². The van der Waals surface area contributed by atoms with E-state index in [1.54, 1.807) is 6.07 Å². The Morgan fingerprint density at radius 3 is 2.17 bits per heavy atom. The summed E-state index contributed by atoms with van der Waals surface area (Å²) in [5.41, 5.74) is 1.75. The molecule has 0 N–H and O–H groups in total. The van der Waals surface area contributed by atoms with Crippen LogP contribution in [-0.4, -0.2) is 6.29 Å². The molecular formula is C11H13O. The summed E-state index contributed by atoms with van der Waals surface area (Å²) in [5.74, 6) is 0. The molecule has 0 unspecified atom stereocenters. The van der Waals surface area contributed by atoms with E-state index in [4.69, 9.17) is 0 Å². The summed E-state index contributed by atoms with van der Waals surface area (Å²) in [6.45, 7) is 6.26. The Labute approximate surface area is 73.4 Å². The lowest BCUT2D eigenvalue weighted by Gasteiger charge is -2.20. The van der Waals surface area contributed by atoms with Crippen LogP contribution in [0.2, 0.25) is 0 Å². The van der Waals surface area contributed by atoms with E-state index >= 15 is 0 Å². The minimum absolute atomic E-state index is 0.0218. The van der Waals surface area contributed by atoms with Crippen LogP contribution >= 0.6 is 0 Å². The van der Waals surface area contributed by atoms with E-state index in [0.29, 0.717) is 5.56 Å². The zero-order chi connectivity index (χ0) is 9.19. The van der Waals surface area contributed by atoms with E-state index in [-0.39, 0.29) is 5.41 Å². The second-order valence-electron chi connectivity index (χ2n) is 3.90. The van der Waals surface area contributed by atoms with Crippen molar-refractivity contribution < 1.29 is 4.79 Å². The van der Waals surface area contributed by atoms with Crippen molar-refractivity contribution in [3.63, 3.8) is 0 Å². The van der Waals surface area contributed by atoms with Gasteiger partial charge in [-0.2, -0.15) is 0 Å². The zero-order valence-electron chi connectivity index (χ0n) is 7.72. The highest BCUT2D eigenvalue weighted by Crippen LogP contribution is 2.24. The number of benzene rings is 1. The largest absolute Gasteiger partial charge is 0.285 e. The van der Waals surface area contributed by atoms with Gasteiger partial charge >= 0.3 is 0 Å². The third-order valence-corrected chi connectivity index (χ3v) is 1.85. The van der Waals surface area contributed by atoms with Crippen LogP contribution in [-0.2, 0) is 10.2 Å². The molecule has 1 heteroatoms. The first kappa shape index (κ1) is 8.98. The van der Waals surface area contributed by atoms with Crippen molar-refractivity contribution in [2.45, 2.75) is 26.2 Å². The zero-order valence-corrected chi connectivity index (χ0v) is 7.72. The third kappa shape index (κ3) is 1.73. The van der Waals surface area contributed by atoms with Gasteiger partial charge < -0.3 is 0 Å². The lowest BCUT2D eigenvalue weighted by Crippen LogP contribution is -2.13.